The van der Waals surface area contributed by atoms with E-state index in [0.717, 1.165) is 0 Å². The lowest BCUT2D eigenvalue weighted by Crippen LogP contribution is -2.42. The van der Waals surface area contributed by atoms with Crippen molar-refractivity contribution in [3.8, 4) is 0 Å². The van der Waals surface area contributed by atoms with Gasteiger partial charge < -0.3 is 15.8 Å². The van der Waals surface area contributed by atoms with Crippen LogP contribution in [0.3, 0.4) is 0 Å². The Morgan fingerprint density at radius 1 is 1.25 bits per heavy atom. The van der Waals surface area contributed by atoms with Crippen molar-refractivity contribution in [1.82, 2.24) is 5.32 Å². The Labute approximate surface area is 118 Å². The maximum Gasteiger partial charge on any atom is 0.308 e. The van der Waals surface area contributed by atoms with E-state index < -0.39 is 23.8 Å². The van der Waals surface area contributed by atoms with Crippen LogP contribution in [0.1, 0.15) is 39.5 Å². The van der Waals surface area contributed by atoms with Crippen LogP contribution in [-0.2, 0) is 23.9 Å². The lowest BCUT2D eigenvalue weighted by atomic mass is 9.97. The third kappa shape index (κ3) is 6.86. The van der Waals surface area contributed by atoms with Crippen LogP contribution in [0.15, 0.2) is 0 Å². The number of nitrogens with two attached hydrogens (primary N) is 1. The first-order chi connectivity index (χ1) is 9.31. The molecule has 0 heterocycles. The minimum absolute atomic E-state index is 0.00694. The van der Waals surface area contributed by atoms with Gasteiger partial charge in [-0.15, -0.1) is 0 Å². The predicted octanol–water partition coefficient (Wildman–Crippen LogP) is -0.0850. The Balaban J connectivity index is 4.65. The third-order valence-electron chi connectivity index (χ3n) is 2.84. The van der Waals surface area contributed by atoms with Crippen LogP contribution < -0.4 is 11.1 Å². The molecule has 0 fully saturated rings. The largest absolute Gasteiger partial charge is 0.469 e. The van der Waals surface area contributed by atoms with E-state index >= 15 is 0 Å². The Kier molecular flexibility index (Phi) is 8.19. The lowest BCUT2D eigenvalue weighted by Gasteiger charge is -2.18. The maximum atomic E-state index is 12.1. The minimum atomic E-state index is -0.804. The number of esters is 1. The Bertz CT molecular complexity index is 381. The fraction of sp³-hybridized carbons (Fsp3) is 0.692. The zero-order chi connectivity index (χ0) is 15.7. The van der Waals surface area contributed by atoms with Crippen molar-refractivity contribution in [2.75, 3.05) is 7.11 Å². The molecule has 2 amide bonds. The van der Waals surface area contributed by atoms with E-state index in [9.17, 15) is 19.2 Å². The van der Waals surface area contributed by atoms with Crippen molar-refractivity contribution >= 4 is 23.6 Å². The number of rotatable bonds is 9. The number of nitrogens with one attached hydrogen (secondary N) is 1. The molecule has 0 bridgehead atoms. The molecule has 3 N–H and O–H groups in total. The molecule has 0 aliphatic carbocycles. The Hall–Kier alpha value is -1.92. The molecule has 0 aromatic rings. The average Bonchev–Trinajstić information content (AvgIpc) is 2.41. The summed E-state index contributed by atoms with van der Waals surface area (Å²) in [4.78, 5) is 45.5. The molecule has 0 saturated carbocycles. The van der Waals surface area contributed by atoms with Crippen molar-refractivity contribution in [3.63, 3.8) is 0 Å². The molecule has 114 valence electrons. The van der Waals surface area contributed by atoms with E-state index in [0.29, 0.717) is 0 Å². The van der Waals surface area contributed by atoms with E-state index in [-0.39, 0.29) is 37.4 Å². The van der Waals surface area contributed by atoms with Gasteiger partial charge in [-0.2, -0.15) is 0 Å². The highest BCUT2D eigenvalue weighted by molar-refractivity contribution is 5.91. The molecule has 7 heteroatoms. The predicted molar refractivity (Wildman–Crippen MR) is 71.5 cm³/mol. The molecule has 0 aliphatic heterocycles. The molecule has 20 heavy (non-hydrogen) atoms. The number of hydrogen-bond acceptors (Lipinski definition) is 5. The van der Waals surface area contributed by atoms with Gasteiger partial charge >= 0.3 is 5.97 Å². The van der Waals surface area contributed by atoms with Crippen molar-refractivity contribution in [2.45, 2.75) is 45.6 Å². The summed E-state index contributed by atoms with van der Waals surface area (Å²) in [5.41, 5.74) is 5.04. The first-order valence-electron chi connectivity index (χ1n) is 6.50. The van der Waals surface area contributed by atoms with Crippen molar-refractivity contribution in [2.24, 2.45) is 11.7 Å². The van der Waals surface area contributed by atoms with Crippen LogP contribution >= 0.6 is 0 Å². The lowest BCUT2D eigenvalue weighted by molar-refractivity contribution is -0.146. The number of methoxy groups -OCH3 is 1. The van der Waals surface area contributed by atoms with E-state index in [1.165, 1.54) is 7.11 Å². The molecule has 0 aromatic heterocycles. The number of Topliss-reactive ketones (excluding diaryl/α,β-unsaturated/α-hetero) is 1. The van der Waals surface area contributed by atoms with Gasteiger partial charge in [0.15, 0.2) is 5.78 Å². The van der Waals surface area contributed by atoms with Gasteiger partial charge in [0.05, 0.1) is 19.1 Å². The fourth-order valence-electron chi connectivity index (χ4n) is 1.63. The summed E-state index contributed by atoms with van der Waals surface area (Å²) >= 11 is 0. The molecular weight excluding hydrogens is 264 g/mol. The molecule has 0 radical (unpaired) electrons. The van der Waals surface area contributed by atoms with Crippen molar-refractivity contribution in [3.05, 3.63) is 0 Å². The number of ether oxygens (including phenoxy) is 1. The van der Waals surface area contributed by atoms with Gasteiger partial charge in [-0.05, 0) is 6.42 Å². The first-order valence-corrected chi connectivity index (χ1v) is 6.50. The van der Waals surface area contributed by atoms with E-state index in [1.54, 1.807) is 13.8 Å². The van der Waals surface area contributed by atoms with Crippen LogP contribution in [0.4, 0.5) is 0 Å². The van der Waals surface area contributed by atoms with Crippen LogP contribution in [0.2, 0.25) is 0 Å². The van der Waals surface area contributed by atoms with E-state index in [1.807, 2.05) is 0 Å². The van der Waals surface area contributed by atoms with Gasteiger partial charge in [0.25, 0.3) is 0 Å². The highest BCUT2D eigenvalue weighted by atomic mass is 16.5. The summed E-state index contributed by atoms with van der Waals surface area (Å²) in [5.74, 6) is -2.24. The quantitative estimate of drug-likeness (QED) is 0.575. The second-order valence-electron chi connectivity index (χ2n) is 4.57. The zero-order valence-corrected chi connectivity index (χ0v) is 12.1. The van der Waals surface area contributed by atoms with Crippen LogP contribution in [0.5, 0.6) is 0 Å². The summed E-state index contributed by atoms with van der Waals surface area (Å²) in [7, 11) is 1.24. The van der Waals surface area contributed by atoms with Gasteiger partial charge in [0, 0.05) is 19.3 Å². The monoisotopic (exact) mass is 286 g/mol. The molecule has 0 spiro atoms. The molecule has 0 unspecified atom stereocenters. The highest BCUT2D eigenvalue weighted by Gasteiger charge is 2.25. The van der Waals surface area contributed by atoms with Gasteiger partial charge in [-0.1, -0.05) is 13.8 Å². The molecule has 0 aliphatic rings. The number of carbonyl (C=O) groups excluding carboxylic acids is 4. The van der Waals surface area contributed by atoms with Crippen LogP contribution in [0, 0.1) is 5.92 Å². The molecule has 7 nitrogen and oxygen atoms in total. The third-order valence-corrected chi connectivity index (χ3v) is 2.84. The van der Waals surface area contributed by atoms with Crippen molar-refractivity contribution in [1.29, 1.82) is 0 Å². The number of hydrogen-bond donors (Lipinski definition) is 2. The summed E-state index contributed by atoms with van der Waals surface area (Å²) < 4.78 is 4.54. The highest BCUT2D eigenvalue weighted by Crippen LogP contribution is 2.10. The standard InChI is InChI=1S/C13H22N2O5/c1-4-12(18)15-9(5-6-11(14)17)10(16)7-8(2)13(19)20-3/h8-9H,4-7H2,1-3H3,(H2,14,17)(H,15,18)/t8-,9-/m1/s1. The molecule has 0 aromatic carbocycles. The topological polar surface area (TPSA) is 116 Å². The summed E-state index contributed by atoms with van der Waals surface area (Å²) in [6, 6.07) is -0.804. The Morgan fingerprint density at radius 2 is 1.85 bits per heavy atom. The minimum Gasteiger partial charge on any atom is -0.469 e. The van der Waals surface area contributed by atoms with Crippen molar-refractivity contribution < 1.29 is 23.9 Å². The summed E-state index contributed by atoms with van der Waals surface area (Å²) in [6.07, 6.45) is 0.299. The second kappa shape index (κ2) is 9.06. The second-order valence-corrected chi connectivity index (χ2v) is 4.57. The fourth-order valence-corrected chi connectivity index (χ4v) is 1.63. The van der Waals surface area contributed by atoms with E-state index in [4.69, 9.17) is 5.73 Å². The van der Waals surface area contributed by atoms with Crippen LogP contribution in [-0.4, -0.2) is 36.7 Å². The maximum absolute atomic E-state index is 12.1. The summed E-state index contributed by atoms with van der Waals surface area (Å²) in [5, 5.41) is 2.54. The molecule has 0 saturated heterocycles. The van der Waals surface area contributed by atoms with Gasteiger partial charge in [-0.3, -0.25) is 19.2 Å². The normalized spacial score (nSPS) is 13.2. The van der Waals surface area contributed by atoms with E-state index in [2.05, 4.69) is 10.1 Å². The van der Waals surface area contributed by atoms with Gasteiger partial charge in [-0.25, -0.2) is 0 Å². The Morgan fingerprint density at radius 3 is 2.30 bits per heavy atom. The molecule has 0 rings (SSSR count). The zero-order valence-electron chi connectivity index (χ0n) is 12.1. The SMILES string of the molecule is CCC(=O)N[C@H](CCC(N)=O)C(=O)C[C@@H](C)C(=O)OC. The summed E-state index contributed by atoms with van der Waals surface area (Å²) in [6.45, 7) is 3.22. The van der Waals surface area contributed by atoms with Crippen LogP contribution in [0.25, 0.3) is 0 Å². The smallest absolute Gasteiger partial charge is 0.308 e. The van der Waals surface area contributed by atoms with Gasteiger partial charge in [0.2, 0.25) is 11.8 Å². The number of ketones is 1. The number of primary amides is 1. The molecular formula is C13H22N2O5. The number of amides is 2. The average molecular weight is 286 g/mol. The molecule has 2 atom stereocenters. The first kappa shape index (κ1) is 18.1. The number of carbonyl (C=O) groups is 4. The van der Waals surface area contributed by atoms with Gasteiger partial charge in [0.1, 0.15) is 0 Å².